The Morgan fingerprint density at radius 3 is 2.48 bits per heavy atom. The van der Waals surface area contributed by atoms with Gasteiger partial charge in [-0.25, -0.2) is 0 Å². The molecule has 2 aliphatic rings. The van der Waals surface area contributed by atoms with E-state index in [4.69, 9.17) is 9.47 Å². The molecule has 0 bridgehead atoms. The molecule has 0 aromatic heterocycles. The van der Waals surface area contributed by atoms with E-state index in [0.29, 0.717) is 49.2 Å². The summed E-state index contributed by atoms with van der Waals surface area (Å²) in [6, 6.07) is 12.9. The average molecular weight is 365 g/mol. The van der Waals surface area contributed by atoms with Crippen LogP contribution in [0.4, 0.5) is 0 Å². The fourth-order valence-corrected chi connectivity index (χ4v) is 3.92. The van der Waals surface area contributed by atoms with Crippen LogP contribution < -0.4 is 9.47 Å². The number of carbonyl (C=O) groups is 2. The summed E-state index contributed by atoms with van der Waals surface area (Å²) < 4.78 is 11.4. The minimum Gasteiger partial charge on any atom is -0.497 e. The Labute approximate surface area is 158 Å². The third-order valence-corrected chi connectivity index (χ3v) is 5.54. The summed E-state index contributed by atoms with van der Waals surface area (Å²) in [4.78, 5) is 27.2. The van der Waals surface area contributed by atoms with Crippen LogP contribution >= 0.6 is 0 Å². The zero-order chi connectivity index (χ0) is 19.0. The van der Waals surface area contributed by atoms with Crippen molar-refractivity contribution in [2.75, 3.05) is 20.2 Å². The molecule has 0 unspecified atom stereocenters. The second-order valence-corrected chi connectivity index (χ2v) is 7.41. The largest absolute Gasteiger partial charge is 0.497 e. The number of likely N-dealkylation sites (tertiary alicyclic amines) is 1. The van der Waals surface area contributed by atoms with Crippen LogP contribution in [0.5, 0.6) is 11.5 Å². The minimum atomic E-state index is -0.490. The molecule has 140 valence electrons. The summed E-state index contributed by atoms with van der Waals surface area (Å²) in [5.74, 6) is 1.54. The van der Waals surface area contributed by atoms with Gasteiger partial charge in [-0.05, 0) is 43.3 Å². The Morgan fingerprint density at radius 2 is 1.81 bits per heavy atom. The van der Waals surface area contributed by atoms with Gasteiger partial charge in [0.15, 0.2) is 5.78 Å². The summed E-state index contributed by atoms with van der Waals surface area (Å²) in [7, 11) is 1.60. The summed E-state index contributed by atoms with van der Waals surface area (Å²) in [6.07, 6.45) is 1.70. The second-order valence-electron chi connectivity index (χ2n) is 7.41. The zero-order valence-corrected chi connectivity index (χ0v) is 15.7. The van der Waals surface area contributed by atoms with Crippen molar-refractivity contribution in [1.82, 2.24) is 4.90 Å². The molecular formula is C22H23NO4. The standard InChI is InChI=1S/C22H23NO4/c1-15-3-8-20-18(13-15)19(24)14-22(27-20)9-11-23(12-10-22)21(25)16-4-6-17(26-2)7-5-16/h3-8,13H,9-12,14H2,1-2H3. The quantitative estimate of drug-likeness (QED) is 0.815. The van der Waals surface area contributed by atoms with Gasteiger partial charge < -0.3 is 14.4 Å². The molecule has 0 aliphatic carbocycles. The molecule has 4 rings (SSSR count). The van der Waals surface area contributed by atoms with E-state index in [0.717, 1.165) is 11.3 Å². The summed E-state index contributed by atoms with van der Waals surface area (Å²) in [5, 5.41) is 0. The van der Waals surface area contributed by atoms with Crippen molar-refractivity contribution >= 4 is 11.7 Å². The lowest BCUT2D eigenvalue weighted by atomic mass is 9.82. The highest BCUT2D eigenvalue weighted by molar-refractivity contribution is 6.00. The number of methoxy groups -OCH3 is 1. The van der Waals surface area contributed by atoms with Gasteiger partial charge in [0.1, 0.15) is 17.1 Å². The van der Waals surface area contributed by atoms with Crippen LogP contribution in [-0.4, -0.2) is 42.4 Å². The van der Waals surface area contributed by atoms with Crippen LogP contribution in [0.1, 0.15) is 45.5 Å². The molecule has 2 aliphatic heterocycles. The maximum Gasteiger partial charge on any atom is 0.253 e. The molecule has 0 N–H and O–H groups in total. The topological polar surface area (TPSA) is 55.8 Å². The predicted octanol–water partition coefficient (Wildman–Crippen LogP) is 3.64. The van der Waals surface area contributed by atoms with Crippen LogP contribution in [0, 0.1) is 6.92 Å². The van der Waals surface area contributed by atoms with Gasteiger partial charge in [-0.1, -0.05) is 11.6 Å². The fraction of sp³-hybridized carbons (Fsp3) is 0.364. The summed E-state index contributed by atoms with van der Waals surface area (Å²) >= 11 is 0. The first-order valence-corrected chi connectivity index (χ1v) is 9.26. The molecular weight excluding hydrogens is 342 g/mol. The van der Waals surface area contributed by atoms with Gasteiger partial charge >= 0.3 is 0 Å². The lowest BCUT2D eigenvalue weighted by molar-refractivity contribution is -0.00572. The number of fused-ring (bicyclic) bond motifs is 1. The van der Waals surface area contributed by atoms with Gasteiger partial charge in [0.2, 0.25) is 0 Å². The number of benzene rings is 2. The SMILES string of the molecule is COc1ccc(C(=O)N2CCC3(CC2)CC(=O)c2cc(C)ccc2O3)cc1. The molecule has 0 atom stereocenters. The van der Waals surface area contributed by atoms with Crippen molar-refractivity contribution in [1.29, 1.82) is 0 Å². The van der Waals surface area contributed by atoms with Crippen molar-refractivity contribution in [3.8, 4) is 11.5 Å². The number of nitrogens with zero attached hydrogens (tertiary/aromatic N) is 1. The molecule has 1 spiro atoms. The van der Waals surface area contributed by atoms with Crippen molar-refractivity contribution < 1.29 is 19.1 Å². The molecule has 5 heteroatoms. The van der Waals surface area contributed by atoms with Gasteiger partial charge in [0.25, 0.3) is 5.91 Å². The van der Waals surface area contributed by atoms with Crippen LogP contribution in [0.25, 0.3) is 0 Å². The molecule has 1 fully saturated rings. The highest BCUT2D eigenvalue weighted by Crippen LogP contribution is 2.39. The van der Waals surface area contributed by atoms with E-state index < -0.39 is 5.60 Å². The third kappa shape index (κ3) is 3.29. The van der Waals surface area contributed by atoms with Gasteiger partial charge in [-0.15, -0.1) is 0 Å². The van der Waals surface area contributed by atoms with E-state index in [9.17, 15) is 9.59 Å². The Morgan fingerprint density at radius 1 is 1.11 bits per heavy atom. The number of aryl methyl sites for hydroxylation is 1. The first kappa shape index (κ1) is 17.6. The number of hydrogen-bond donors (Lipinski definition) is 0. The monoisotopic (exact) mass is 365 g/mol. The number of amides is 1. The van der Waals surface area contributed by atoms with Crippen molar-refractivity contribution in [3.63, 3.8) is 0 Å². The molecule has 1 amide bonds. The van der Waals surface area contributed by atoms with E-state index in [1.165, 1.54) is 0 Å². The van der Waals surface area contributed by atoms with E-state index >= 15 is 0 Å². The number of hydrogen-bond acceptors (Lipinski definition) is 4. The first-order chi connectivity index (χ1) is 13.0. The number of ketones is 1. The fourth-order valence-electron chi connectivity index (χ4n) is 3.92. The Balaban J connectivity index is 1.46. The van der Waals surface area contributed by atoms with Gasteiger partial charge in [-0.3, -0.25) is 9.59 Å². The predicted molar refractivity (Wildman–Crippen MR) is 102 cm³/mol. The van der Waals surface area contributed by atoms with E-state index in [2.05, 4.69) is 0 Å². The second kappa shape index (κ2) is 6.72. The van der Waals surface area contributed by atoms with Gasteiger partial charge in [0.05, 0.1) is 19.1 Å². The molecule has 2 aromatic carbocycles. The lowest BCUT2D eigenvalue weighted by Gasteiger charge is -2.44. The smallest absolute Gasteiger partial charge is 0.253 e. The normalized spacial score (nSPS) is 18.0. The number of ether oxygens (including phenoxy) is 2. The number of Topliss-reactive ketones (excluding diaryl/α,β-unsaturated/α-hetero) is 1. The van der Waals surface area contributed by atoms with Crippen LogP contribution in [-0.2, 0) is 0 Å². The Bertz CT molecular complexity index is 880. The molecule has 27 heavy (non-hydrogen) atoms. The summed E-state index contributed by atoms with van der Waals surface area (Å²) in [5.41, 5.74) is 1.89. The molecule has 1 saturated heterocycles. The maximum absolute atomic E-state index is 12.7. The van der Waals surface area contributed by atoms with Crippen molar-refractivity contribution in [3.05, 3.63) is 59.2 Å². The van der Waals surface area contributed by atoms with Crippen molar-refractivity contribution in [2.24, 2.45) is 0 Å². The zero-order valence-electron chi connectivity index (χ0n) is 15.7. The number of piperidine rings is 1. The van der Waals surface area contributed by atoms with Crippen LogP contribution in [0.15, 0.2) is 42.5 Å². The highest BCUT2D eigenvalue weighted by atomic mass is 16.5. The summed E-state index contributed by atoms with van der Waals surface area (Å²) in [6.45, 7) is 3.14. The van der Waals surface area contributed by atoms with Crippen molar-refractivity contribution in [2.45, 2.75) is 31.8 Å². The molecule has 0 radical (unpaired) electrons. The van der Waals surface area contributed by atoms with Gasteiger partial charge in [-0.2, -0.15) is 0 Å². The van der Waals surface area contributed by atoms with Crippen LogP contribution in [0.3, 0.4) is 0 Å². The minimum absolute atomic E-state index is 0.00524. The first-order valence-electron chi connectivity index (χ1n) is 9.26. The maximum atomic E-state index is 12.7. The highest BCUT2D eigenvalue weighted by Gasteiger charge is 2.43. The molecule has 2 aromatic rings. The van der Waals surface area contributed by atoms with Crippen LogP contribution in [0.2, 0.25) is 0 Å². The van der Waals surface area contributed by atoms with E-state index in [1.54, 1.807) is 31.4 Å². The third-order valence-electron chi connectivity index (χ3n) is 5.54. The average Bonchev–Trinajstić information content (AvgIpc) is 2.69. The van der Waals surface area contributed by atoms with Gasteiger partial charge in [0, 0.05) is 31.5 Å². The molecule has 5 nitrogen and oxygen atoms in total. The van der Waals surface area contributed by atoms with E-state index in [-0.39, 0.29) is 11.7 Å². The number of rotatable bonds is 2. The Hall–Kier alpha value is -2.82. The van der Waals surface area contributed by atoms with E-state index in [1.807, 2.05) is 30.0 Å². The molecule has 0 saturated carbocycles. The Kier molecular flexibility index (Phi) is 4.38. The number of carbonyl (C=O) groups excluding carboxylic acids is 2. The molecule has 2 heterocycles. The lowest BCUT2D eigenvalue weighted by Crippen LogP contribution is -2.52.